The minimum Gasteiger partial charge on any atom is -0.486 e. The topological polar surface area (TPSA) is 35.5 Å². The van der Waals surface area contributed by atoms with Crippen LogP contribution in [0.25, 0.3) is 0 Å². The SMILES string of the molecule is CC(C)=CCOc1ccc(C=O)cc1OCC=C(C)C. The highest BCUT2D eigenvalue weighted by Crippen LogP contribution is 2.28. The zero-order valence-corrected chi connectivity index (χ0v) is 12.6. The molecule has 108 valence electrons. The Kier molecular flexibility index (Phi) is 6.57. The Labute approximate surface area is 120 Å². The van der Waals surface area contributed by atoms with E-state index in [-0.39, 0.29) is 0 Å². The number of ether oxygens (including phenoxy) is 2. The standard InChI is InChI=1S/C17H22O3/c1-13(2)7-9-19-16-6-5-15(12-18)11-17(16)20-10-8-14(3)4/h5-8,11-12H,9-10H2,1-4H3. The van der Waals surface area contributed by atoms with E-state index in [1.165, 1.54) is 11.1 Å². The third-order valence-corrected chi connectivity index (χ3v) is 2.56. The summed E-state index contributed by atoms with van der Waals surface area (Å²) in [6.07, 6.45) is 4.77. The molecular weight excluding hydrogens is 252 g/mol. The highest BCUT2D eigenvalue weighted by Gasteiger charge is 2.06. The average molecular weight is 274 g/mol. The van der Waals surface area contributed by atoms with Gasteiger partial charge < -0.3 is 9.47 Å². The summed E-state index contributed by atoms with van der Waals surface area (Å²) in [6.45, 7) is 9.01. The molecule has 0 unspecified atom stereocenters. The molecule has 0 aliphatic rings. The Bertz CT molecular complexity index is 505. The molecule has 0 radical (unpaired) electrons. The number of carbonyl (C=O) groups is 1. The molecule has 0 aromatic heterocycles. The maximum atomic E-state index is 10.8. The molecule has 0 heterocycles. The van der Waals surface area contributed by atoms with Gasteiger partial charge in [0.15, 0.2) is 11.5 Å². The smallest absolute Gasteiger partial charge is 0.162 e. The molecule has 0 N–H and O–H groups in total. The number of rotatable bonds is 7. The van der Waals surface area contributed by atoms with Gasteiger partial charge in [-0.05, 0) is 58.0 Å². The predicted molar refractivity (Wildman–Crippen MR) is 81.7 cm³/mol. The van der Waals surface area contributed by atoms with Gasteiger partial charge in [0.2, 0.25) is 0 Å². The second kappa shape index (κ2) is 8.20. The normalized spacial score (nSPS) is 9.60. The molecule has 0 amide bonds. The van der Waals surface area contributed by atoms with Crippen molar-refractivity contribution in [2.45, 2.75) is 27.7 Å². The Morgan fingerprint density at radius 3 is 2.00 bits per heavy atom. The highest BCUT2D eigenvalue weighted by atomic mass is 16.5. The average Bonchev–Trinajstić information content (AvgIpc) is 2.39. The van der Waals surface area contributed by atoms with Gasteiger partial charge in [-0.3, -0.25) is 4.79 Å². The van der Waals surface area contributed by atoms with E-state index in [4.69, 9.17) is 9.47 Å². The van der Waals surface area contributed by atoms with Crippen molar-refractivity contribution in [1.82, 2.24) is 0 Å². The van der Waals surface area contributed by atoms with Crippen LogP contribution in [0.1, 0.15) is 38.1 Å². The first-order valence-corrected chi connectivity index (χ1v) is 6.64. The summed E-state index contributed by atoms with van der Waals surface area (Å²) in [7, 11) is 0. The molecule has 3 nitrogen and oxygen atoms in total. The van der Waals surface area contributed by atoms with E-state index in [0.29, 0.717) is 30.3 Å². The van der Waals surface area contributed by atoms with Crippen molar-refractivity contribution in [1.29, 1.82) is 0 Å². The van der Waals surface area contributed by atoms with Crippen LogP contribution >= 0.6 is 0 Å². The van der Waals surface area contributed by atoms with Crippen molar-refractivity contribution < 1.29 is 14.3 Å². The van der Waals surface area contributed by atoms with E-state index in [1.807, 2.05) is 39.8 Å². The Morgan fingerprint density at radius 1 is 0.950 bits per heavy atom. The largest absolute Gasteiger partial charge is 0.486 e. The Morgan fingerprint density at radius 2 is 1.50 bits per heavy atom. The van der Waals surface area contributed by atoms with Crippen molar-refractivity contribution >= 4 is 6.29 Å². The second-order valence-corrected chi connectivity index (χ2v) is 5.01. The van der Waals surface area contributed by atoms with E-state index in [2.05, 4.69) is 0 Å². The minimum absolute atomic E-state index is 0.462. The number of allylic oxidation sites excluding steroid dienone is 2. The van der Waals surface area contributed by atoms with Crippen molar-refractivity contribution in [3.05, 3.63) is 47.1 Å². The van der Waals surface area contributed by atoms with Crippen LogP contribution in [0.2, 0.25) is 0 Å². The van der Waals surface area contributed by atoms with Crippen LogP contribution in [0, 0.1) is 0 Å². The first kappa shape index (κ1) is 16.0. The third-order valence-electron chi connectivity index (χ3n) is 2.56. The van der Waals surface area contributed by atoms with Gasteiger partial charge in [-0.2, -0.15) is 0 Å². The van der Waals surface area contributed by atoms with E-state index in [0.717, 1.165) is 6.29 Å². The molecule has 1 rings (SSSR count). The third kappa shape index (κ3) is 5.74. The van der Waals surface area contributed by atoms with Crippen molar-refractivity contribution in [2.75, 3.05) is 13.2 Å². The maximum absolute atomic E-state index is 10.8. The summed E-state index contributed by atoms with van der Waals surface area (Å²) in [5.74, 6) is 1.24. The number of benzene rings is 1. The summed E-state index contributed by atoms with van der Waals surface area (Å²) in [5, 5.41) is 0. The number of hydrogen-bond acceptors (Lipinski definition) is 3. The maximum Gasteiger partial charge on any atom is 0.162 e. The van der Waals surface area contributed by atoms with Crippen LogP contribution in [0.4, 0.5) is 0 Å². The van der Waals surface area contributed by atoms with Crippen LogP contribution in [-0.4, -0.2) is 19.5 Å². The van der Waals surface area contributed by atoms with Gasteiger partial charge in [-0.15, -0.1) is 0 Å². The van der Waals surface area contributed by atoms with E-state index >= 15 is 0 Å². The highest BCUT2D eigenvalue weighted by molar-refractivity contribution is 5.76. The summed E-state index contributed by atoms with van der Waals surface area (Å²) >= 11 is 0. The summed E-state index contributed by atoms with van der Waals surface area (Å²) in [5.41, 5.74) is 2.96. The first-order chi connectivity index (χ1) is 9.52. The lowest BCUT2D eigenvalue weighted by Crippen LogP contribution is -2.01. The van der Waals surface area contributed by atoms with Gasteiger partial charge in [-0.25, -0.2) is 0 Å². The molecule has 0 aliphatic heterocycles. The summed E-state index contributed by atoms with van der Waals surface area (Å²) in [6, 6.07) is 5.18. The molecule has 20 heavy (non-hydrogen) atoms. The van der Waals surface area contributed by atoms with E-state index in [9.17, 15) is 4.79 Å². The van der Waals surface area contributed by atoms with Gasteiger partial charge >= 0.3 is 0 Å². The molecule has 0 fully saturated rings. The molecule has 0 bridgehead atoms. The van der Waals surface area contributed by atoms with Crippen molar-refractivity contribution in [3.8, 4) is 11.5 Å². The fourth-order valence-corrected chi connectivity index (χ4v) is 1.43. The lowest BCUT2D eigenvalue weighted by Gasteiger charge is -2.11. The van der Waals surface area contributed by atoms with Crippen LogP contribution < -0.4 is 9.47 Å². The zero-order chi connectivity index (χ0) is 15.0. The van der Waals surface area contributed by atoms with E-state index in [1.54, 1.807) is 18.2 Å². The van der Waals surface area contributed by atoms with Crippen LogP contribution in [0.5, 0.6) is 11.5 Å². The predicted octanol–water partition coefficient (Wildman–Crippen LogP) is 4.19. The second-order valence-electron chi connectivity index (χ2n) is 5.01. The van der Waals surface area contributed by atoms with Crippen molar-refractivity contribution in [2.24, 2.45) is 0 Å². The van der Waals surface area contributed by atoms with Gasteiger partial charge in [0.25, 0.3) is 0 Å². The van der Waals surface area contributed by atoms with Gasteiger partial charge in [0.05, 0.1) is 0 Å². The molecule has 0 atom stereocenters. The van der Waals surface area contributed by atoms with Gasteiger partial charge in [0, 0.05) is 5.56 Å². The number of hydrogen-bond donors (Lipinski definition) is 0. The molecule has 0 saturated heterocycles. The summed E-state index contributed by atoms with van der Waals surface area (Å²) < 4.78 is 11.3. The Hall–Kier alpha value is -2.03. The summed E-state index contributed by atoms with van der Waals surface area (Å²) in [4.78, 5) is 10.8. The Balaban J connectivity index is 2.83. The lowest BCUT2D eigenvalue weighted by atomic mass is 10.2. The molecule has 0 aliphatic carbocycles. The van der Waals surface area contributed by atoms with Crippen LogP contribution in [-0.2, 0) is 0 Å². The first-order valence-electron chi connectivity index (χ1n) is 6.64. The fourth-order valence-electron chi connectivity index (χ4n) is 1.43. The van der Waals surface area contributed by atoms with E-state index < -0.39 is 0 Å². The molecule has 1 aromatic carbocycles. The molecular formula is C17H22O3. The molecule has 3 heteroatoms. The van der Waals surface area contributed by atoms with Gasteiger partial charge in [0.1, 0.15) is 19.5 Å². The molecule has 0 spiro atoms. The van der Waals surface area contributed by atoms with Crippen LogP contribution in [0.15, 0.2) is 41.5 Å². The van der Waals surface area contributed by atoms with Crippen LogP contribution in [0.3, 0.4) is 0 Å². The fraction of sp³-hybridized carbons (Fsp3) is 0.353. The minimum atomic E-state index is 0.462. The van der Waals surface area contributed by atoms with Gasteiger partial charge in [-0.1, -0.05) is 11.1 Å². The molecule has 0 saturated carbocycles. The quantitative estimate of drug-likeness (QED) is 0.552. The monoisotopic (exact) mass is 274 g/mol. The number of aldehydes is 1. The number of carbonyl (C=O) groups excluding carboxylic acids is 1. The van der Waals surface area contributed by atoms with Crippen molar-refractivity contribution in [3.63, 3.8) is 0 Å². The lowest BCUT2D eigenvalue weighted by molar-refractivity contribution is 0.112. The zero-order valence-electron chi connectivity index (χ0n) is 12.6. The molecule has 1 aromatic rings.